The molecule has 0 aromatic carbocycles. The Morgan fingerprint density at radius 2 is 2.22 bits per heavy atom. The van der Waals surface area contributed by atoms with Crippen LogP contribution in [0.4, 0.5) is 0 Å². The Balaban J connectivity index is 1.99. The van der Waals surface area contributed by atoms with Crippen molar-refractivity contribution in [2.45, 2.75) is 25.8 Å². The molecule has 0 bridgehead atoms. The number of aromatic nitrogens is 3. The lowest BCUT2D eigenvalue weighted by Gasteiger charge is -2.16. The largest absolute Gasteiger partial charge is 0.314 e. The summed E-state index contributed by atoms with van der Waals surface area (Å²) in [6.45, 7) is 3.10. The van der Waals surface area contributed by atoms with E-state index in [4.69, 9.17) is 0 Å². The van der Waals surface area contributed by atoms with Gasteiger partial charge in [0.2, 0.25) is 0 Å². The highest BCUT2D eigenvalue weighted by atomic mass is 15.2. The summed E-state index contributed by atoms with van der Waals surface area (Å²) >= 11 is 0. The molecule has 0 amide bonds. The topological polar surface area (TPSA) is 42.7 Å². The summed E-state index contributed by atoms with van der Waals surface area (Å²) in [5.74, 6) is 0. The fourth-order valence-corrected chi connectivity index (χ4v) is 2.14. The molecule has 0 saturated carbocycles. The second kappa shape index (κ2) is 6.31. The van der Waals surface area contributed by atoms with Gasteiger partial charge in [0.15, 0.2) is 0 Å². The van der Waals surface area contributed by atoms with Crippen LogP contribution in [0.5, 0.6) is 0 Å². The van der Waals surface area contributed by atoms with Crippen LogP contribution in [-0.4, -0.2) is 27.4 Å². The van der Waals surface area contributed by atoms with E-state index < -0.39 is 0 Å². The van der Waals surface area contributed by atoms with Crippen molar-refractivity contribution in [3.63, 3.8) is 0 Å². The molecule has 1 N–H and O–H groups in total. The maximum absolute atomic E-state index is 4.39. The van der Waals surface area contributed by atoms with Crippen LogP contribution >= 0.6 is 0 Å². The normalized spacial score (nSPS) is 12.6. The maximum Gasteiger partial charge on any atom is 0.0522 e. The summed E-state index contributed by atoms with van der Waals surface area (Å²) in [4.78, 5) is 4.39. The molecule has 2 rings (SSSR count). The smallest absolute Gasteiger partial charge is 0.0522 e. The quantitative estimate of drug-likeness (QED) is 0.839. The number of rotatable bonds is 6. The van der Waals surface area contributed by atoms with Gasteiger partial charge in [-0.05, 0) is 30.7 Å². The Morgan fingerprint density at radius 3 is 2.83 bits per heavy atom. The van der Waals surface area contributed by atoms with Crippen LogP contribution in [0.2, 0.25) is 0 Å². The Morgan fingerprint density at radius 1 is 1.33 bits per heavy atom. The van der Waals surface area contributed by atoms with E-state index in [2.05, 4.69) is 34.6 Å². The minimum Gasteiger partial charge on any atom is -0.314 e. The molecule has 96 valence electrons. The van der Waals surface area contributed by atoms with Gasteiger partial charge in [-0.3, -0.25) is 9.67 Å². The van der Waals surface area contributed by atoms with E-state index in [0.29, 0.717) is 6.04 Å². The van der Waals surface area contributed by atoms with E-state index in [1.807, 2.05) is 36.3 Å². The molecule has 1 atom stereocenters. The molecule has 4 heteroatoms. The Kier molecular flexibility index (Phi) is 4.47. The van der Waals surface area contributed by atoms with Gasteiger partial charge < -0.3 is 5.32 Å². The van der Waals surface area contributed by atoms with Gasteiger partial charge in [-0.25, -0.2) is 0 Å². The summed E-state index contributed by atoms with van der Waals surface area (Å²) in [5, 5.41) is 7.72. The Hall–Kier alpha value is -1.68. The number of aryl methyl sites for hydroxylation is 1. The van der Waals surface area contributed by atoms with E-state index in [9.17, 15) is 0 Å². The molecular weight excluding hydrogens is 224 g/mol. The van der Waals surface area contributed by atoms with Gasteiger partial charge >= 0.3 is 0 Å². The molecule has 4 nitrogen and oxygen atoms in total. The average Bonchev–Trinajstić information content (AvgIpc) is 2.76. The van der Waals surface area contributed by atoms with Crippen molar-refractivity contribution in [2.75, 3.05) is 6.54 Å². The summed E-state index contributed by atoms with van der Waals surface area (Å²) < 4.78 is 1.85. The standard InChI is InChI=1S/C14H20N4/c1-3-15-14(8-12-10-17-18(2)11-12)9-13-6-4-5-7-16-13/h4-7,10-11,14-15H,3,8-9H2,1-2H3. The molecule has 18 heavy (non-hydrogen) atoms. The minimum absolute atomic E-state index is 0.411. The first kappa shape index (κ1) is 12.8. The number of pyridine rings is 1. The fraction of sp³-hybridized carbons (Fsp3) is 0.429. The lowest BCUT2D eigenvalue weighted by Crippen LogP contribution is -2.33. The zero-order valence-electron chi connectivity index (χ0n) is 11.0. The van der Waals surface area contributed by atoms with Gasteiger partial charge in [0.1, 0.15) is 0 Å². The van der Waals surface area contributed by atoms with Gasteiger partial charge in [0.25, 0.3) is 0 Å². The van der Waals surface area contributed by atoms with E-state index in [1.165, 1.54) is 5.56 Å². The van der Waals surface area contributed by atoms with Gasteiger partial charge in [-0.1, -0.05) is 13.0 Å². The van der Waals surface area contributed by atoms with Crippen molar-refractivity contribution in [2.24, 2.45) is 7.05 Å². The molecular formula is C14H20N4. The van der Waals surface area contributed by atoms with Crippen molar-refractivity contribution in [1.82, 2.24) is 20.1 Å². The molecule has 0 radical (unpaired) electrons. The SMILES string of the molecule is CCNC(Cc1cnn(C)c1)Cc1ccccn1. The second-order valence-electron chi connectivity index (χ2n) is 4.51. The van der Waals surface area contributed by atoms with Gasteiger partial charge in [-0.2, -0.15) is 5.10 Å². The van der Waals surface area contributed by atoms with Crippen LogP contribution in [0.15, 0.2) is 36.8 Å². The van der Waals surface area contributed by atoms with Gasteiger partial charge in [-0.15, -0.1) is 0 Å². The zero-order valence-corrected chi connectivity index (χ0v) is 11.0. The highest BCUT2D eigenvalue weighted by Gasteiger charge is 2.11. The molecule has 0 aliphatic rings. The van der Waals surface area contributed by atoms with Crippen LogP contribution in [0, 0.1) is 0 Å². The second-order valence-corrected chi connectivity index (χ2v) is 4.51. The lowest BCUT2D eigenvalue weighted by molar-refractivity contribution is 0.516. The van der Waals surface area contributed by atoms with E-state index in [0.717, 1.165) is 25.1 Å². The van der Waals surface area contributed by atoms with E-state index >= 15 is 0 Å². The molecule has 0 saturated heterocycles. The third kappa shape index (κ3) is 3.67. The van der Waals surface area contributed by atoms with Crippen LogP contribution in [-0.2, 0) is 19.9 Å². The predicted octanol–water partition coefficient (Wildman–Crippen LogP) is 1.58. The van der Waals surface area contributed by atoms with Crippen LogP contribution in [0.25, 0.3) is 0 Å². The summed E-state index contributed by atoms with van der Waals surface area (Å²) in [6, 6.07) is 6.48. The number of nitrogens with one attached hydrogen (secondary N) is 1. The number of nitrogens with zero attached hydrogens (tertiary/aromatic N) is 3. The lowest BCUT2D eigenvalue weighted by atomic mass is 10.0. The first-order valence-electron chi connectivity index (χ1n) is 6.38. The average molecular weight is 244 g/mol. The highest BCUT2D eigenvalue weighted by Crippen LogP contribution is 2.07. The molecule has 1 unspecified atom stereocenters. The first-order valence-corrected chi connectivity index (χ1v) is 6.38. The molecule has 0 fully saturated rings. The van der Waals surface area contributed by atoms with Crippen molar-refractivity contribution >= 4 is 0 Å². The number of hydrogen-bond acceptors (Lipinski definition) is 3. The summed E-state index contributed by atoms with van der Waals surface area (Å²) in [6.07, 6.45) is 7.79. The molecule has 2 heterocycles. The minimum atomic E-state index is 0.411. The first-order chi connectivity index (χ1) is 8.78. The molecule has 2 aromatic heterocycles. The molecule has 0 aliphatic heterocycles. The van der Waals surface area contributed by atoms with Gasteiger partial charge in [0, 0.05) is 37.6 Å². The van der Waals surface area contributed by atoms with Crippen LogP contribution < -0.4 is 5.32 Å². The monoisotopic (exact) mass is 244 g/mol. The summed E-state index contributed by atoms with van der Waals surface area (Å²) in [7, 11) is 1.95. The molecule has 2 aromatic rings. The zero-order chi connectivity index (χ0) is 12.8. The van der Waals surface area contributed by atoms with Crippen molar-refractivity contribution in [3.8, 4) is 0 Å². The van der Waals surface area contributed by atoms with E-state index in [-0.39, 0.29) is 0 Å². The van der Waals surface area contributed by atoms with Crippen LogP contribution in [0.3, 0.4) is 0 Å². The third-order valence-electron chi connectivity index (χ3n) is 2.91. The molecule has 0 aliphatic carbocycles. The fourth-order valence-electron chi connectivity index (χ4n) is 2.14. The third-order valence-corrected chi connectivity index (χ3v) is 2.91. The summed E-state index contributed by atoms with van der Waals surface area (Å²) in [5.41, 5.74) is 2.40. The number of likely N-dealkylation sites (N-methyl/N-ethyl adjacent to an activating group) is 1. The Labute approximate surface area is 108 Å². The van der Waals surface area contributed by atoms with Crippen molar-refractivity contribution < 1.29 is 0 Å². The van der Waals surface area contributed by atoms with Crippen molar-refractivity contribution in [3.05, 3.63) is 48.0 Å². The predicted molar refractivity (Wildman–Crippen MR) is 72.3 cm³/mol. The van der Waals surface area contributed by atoms with E-state index in [1.54, 1.807) is 0 Å². The van der Waals surface area contributed by atoms with Gasteiger partial charge in [0.05, 0.1) is 6.20 Å². The van der Waals surface area contributed by atoms with Crippen molar-refractivity contribution in [1.29, 1.82) is 0 Å². The highest BCUT2D eigenvalue weighted by molar-refractivity contribution is 5.10. The molecule has 0 spiro atoms. The van der Waals surface area contributed by atoms with Crippen LogP contribution in [0.1, 0.15) is 18.2 Å². The maximum atomic E-state index is 4.39. The number of hydrogen-bond donors (Lipinski definition) is 1. The Bertz CT molecular complexity index is 464.